The van der Waals surface area contributed by atoms with Gasteiger partial charge >= 0.3 is 0 Å². The Hall–Kier alpha value is -2.74. The van der Waals surface area contributed by atoms with Crippen molar-refractivity contribution >= 4 is 23.6 Å². The molecule has 4 amide bonds. The summed E-state index contributed by atoms with van der Waals surface area (Å²) in [6.45, 7) is 3.76. The van der Waals surface area contributed by atoms with Crippen LogP contribution in [-0.2, 0) is 14.3 Å². The summed E-state index contributed by atoms with van der Waals surface area (Å²) in [5.74, 6) is -1.06. The molecule has 0 aromatic heterocycles. The number of piperidine rings is 1. The fraction of sp³-hybridized carbons (Fsp3) is 0.500. The first kappa shape index (κ1) is 18.6. The van der Waals surface area contributed by atoms with Crippen molar-refractivity contribution < 1.29 is 23.9 Å². The molecule has 3 heterocycles. The highest BCUT2D eigenvalue weighted by molar-refractivity contribution is 6.22. The molecule has 2 fully saturated rings. The van der Waals surface area contributed by atoms with Crippen molar-refractivity contribution in [3.8, 4) is 0 Å². The van der Waals surface area contributed by atoms with Gasteiger partial charge in [-0.3, -0.25) is 24.1 Å². The molecule has 4 rings (SSSR count). The summed E-state index contributed by atoms with van der Waals surface area (Å²) in [6, 6.07) is 6.61. The molecule has 0 aliphatic carbocycles. The number of fused-ring (bicyclic) bond motifs is 1. The van der Waals surface area contributed by atoms with Gasteiger partial charge in [-0.05, 0) is 25.0 Å². The van der Waals surface area contributed by atoms with E-state index in [1.807, 2.05) is 0 Å². The highest BCUT2D eigenvalue weighted by atomic mass is 16.5. The van der Waals surface area contributed by atoms with E-state index in [0.29, 0.717) is 56.8 Å². The molecule has 0 radical (unpaired) electrons. The Bertz CT molecular complexity index is 809. The van der Waals surface area contributed by atoms with Crippen LogP contribution in [0.15, 0.2) is 24.3 Å². The third-order valence-corrected chi connectivity index (χ3v) is 5.89. The number of hydrogen-bond acceptors (Lipinski definition) is 5. The van der Waals surface area contributed by atoms with Crippen LogP contribution in [0.25, 0.3) is 0 Å². The van der Waals surface area contributed by atoms with Gasteiger partial charge in [0.2, 0.25) is 11.8 Å². The van der Waals surface area contributed by atoms with Crippen LogP contribution in [-0.4, -0.2) is 83.3 Å². The highest BCUT2D eigenvalue weighted by Crippen LogP contribution is 2.30. The predicted octanol–water partition coefficient (Wildman–Crippen LogP) is 0.523. The lowest BCUT2D eigenvalue weighted by molar-refractivity contribution is -0.162. The molecule has 8 nitrogen and oxygen atoms in total. The molecule has 0 bridgehead atoms. The molecule has 0 saturated carbocycles. The lowest BCUT2D eigenvalue weighted by atomic mass is 9.89. The highest BCUT2D eigenvalue weighted by Gasteiger charge is 2.43. The zero-order chi connectivity index (χ0) is 19.9. The Kier molecular flexibility index (Phi) is 4.66. The van der Waals surface area contributed by atoms with Crippen LogP contribution in [0, 0.1) is 0 Å². The molecule has 148 valence electrons. The second-order valence-corrected chi connectivity index (χ2v) is 7.59. The Morgan fingerprint density at radius 3 is 2.18 bits per heavy atom. The Labute approximate surface area is 163 Å². The number of imide groups is 1. The number of carbonyl (C=O) groups is 4. The fourth-order valence-corrected chi connectivity index (χ4v) is 4.21. The maximum Gasteiger partial charge on any atom is 0.262 e. The topological polar surface area (TPSA) is 87.2 Å². The van der Waals surface area contributed by atoms with E-state index in [-0.39, 0.29) is 18.4 Å². The second-order valence-electron chi connectivity index (χ2n) is 7.59. The van der Waals surface area contributed by atoms with Gasteiger partial charge in [0.1, 0.15) is 6.54 Å². The van der Waals surface area contributed by atoms with Crippen LogP contribution in [0.1, 0.15) is 40.5 Å². The molecular weight excluding hydrogens is 362 g/mol. The zero-order valence-electron chi connectivity index (χ0n) is 15.8. The smallest absolute Gasteiger partial charge is 0.262 e. The van der Waals surface area contributed by atoms with E-state index in [2.05, 4.69) is 0 Å². The van der Waals surface area contributed by atoms with E-state index in [4.69, 9.17) is 4.74 Å². The number of morpholine rings is 1. The molecule has 1 aromatic rings. The number of benzene rings is 1. The maximum absolute atomic E-state index is 12.9. The first-order valence-corrected chi connectivity index (χ1v) is 9.53. The largest absolute Gasteiger partial charge is 0.371 e. The third kappa shape index (κ3) is 3.17. The molecular formula is C20H23N3O5. The van der Waals surface area contributed by atoms with Gasteiger partial charge in [-0.15, -0.1) is 0 Å². The Morgan fingerprint density at radius 2 is 1.61 bits per heavy atom. The zero-order valence-corrected chi connectivity index (χ0v) is 15.8. The summed E-state index contributed by atoms with van der Waals surface area (Å²) in [7, 11) is 0. The minimum atomic E-state index is -0.456. The molecule has 1 aromatic carbocycles. The molecule has 0 atom stereocenters. The normalized spacial score (nSPS) is 21.2. The van der Waals surface area contributed by atoms with Crippen molar-refractivity contribution in [2.45, 2.75) is 25.4 Å². The summed E-state index contributed by atoms with van der Waals surface area (Å²) in [6.07, 6.45) is 1.34. The van der Waals surface area contributed by atoms with E-state index in [9.17, 15) is 19.2 Å². The van der Waals surface area contributed by atoms with Gasteiger partial charge in [-0.25, -0.2) is 0 Å². The van der Waals surface area contributed by atoms with E-state index >= 15 is 0 Å². The van der Waals surface area contributed by atoms with Gasteiger partial charge in [-0.1, -0.05) is 12.1 Å². The van der Waals surface area contributed by atoms with E-state index in [0.717, 1.165) is 4.90 Å². The number of amides is 4. The van der Waals surface area contributed by atoms with E-state index < -0.39 is 17.4 Å². The first-order chi connectivity index (χ1) is 13.4. The lowest BCUT2D eigenvalue weighted by Crippen LogP contribution is -2.59. The number of hydrogen-bond donors (Lipinski definition) is 0. The van der Waals surface area contributed by atoms with Crippen molar-refractivity contribution in [1.29, 1.82) is 0 Å². The number of ether oxygens (including phenoxy) is 1. The van der Waals surface area contributed by atoms with E-state index in [1.165, 1.54) is 0 Å². The monoisotopic (exact) mass is 385 g/mol. The predicted molar refractivity (Wildman–Crippen MR) is 98.6 cm³/mol. The van der Waals surface area contributed by atoms with Gasteiger partial charge in [-0.2, -0.15) is 0 Å². The molecule has 1 spiro atoms. The molecule has 2 saturated heterocycles. The van der Waals surface area contributed by atoms with Gasteiger partial charge in [0, 0.05) is 33.1 Å². The Balaban J connectivity index is 1.41. The Morgan fingerprint density at radius 1 is 1.00 bits per heavy atom. The minimum absolute atomic E-state index is 0.0456. The van der Waals surface area contributed by atoms with Gasteiger partial charge < -0.3 is 14.5 Å². The average molecular weight is 385 g/mol. The molecule has 3 aliphatic rings. The number of likely N-dealkylation sites (tertiary alicyclic amines) is 1. The molecule has 28 heavy (non-hydrogen) atoms. The van der Waals surface area contributed by atoms with Crippen LogP contribution in [0.2, 0.25) is 0 Å². The van der Waals surface area contributed by atoms with Crippen LogP contribution in [0.5, 0.6) is 0 Å². The van der Waals surface area contributed by atoms with Crippen molar-refractivity contribution in [2.24, 2.45) is 0 Å². The second kappa shape index (κ2) is 7.01. The number of carbonyl (C=O) groups excluding carboxylic acids is 4. The van der Waals surface area contributed by atoms with Gasteiger partial charge in [0.15, 0.2) is 0 Å². The fourth-order valence-electron chi connectivity index (χ4n) is 4.21. The van der Waals surface area contributed by atoms with Crippen LogP contribution in [0.3, 0.4) is 0 Å². The van der Waals surface area contributed by atoms with Crippen molar-refractivity contribution in [2.75, 3.05) is 39.3 Å². The lowest BCUT2D eigenvalue weighted by Gasteiger charge is -2.47. The summed E-state index contributed by atoms with van der Waals surface area (Å²) in [5, 5.41) is 0. The first-order valence-electron chi connectivity index (χ1n) is 9.53. The van der Waals surface area contributed by atoms with Gasteiger partial charge in [0.25, 0.3) is 11.8 Å². The van der Waals surface area contributed by atoms with Crippen molar-refractivity contribution in [3.05, 3.63) is 35.4 Å². The molecule has 0 unspecified atom stereocenters. The van der Waals surface area contributed by atoms with Crippen molar-refractivity contribution in [3.63, 3.8) is 0 Å². The summed E-state index contributed by atoms with van der Waals surface area (Å²) in [5.41, 5.74) is 0.229. The molecule has 3 aliphatic heterocycles. The summed E-state index contributed by atoms with van der Waals surface area (Å²) < 4.78 is 6.00. The van der Waals surface area contributed by atoms with Crippen LogP contribution < -0.4 is 0 Å². The quantitative estimate of drug-likeness (QED) is 0.693. The number of nitrogens with zero attached hydrogens (tertiary/aromatic N) is 3. The summed E-state index contributed by atoms with van der Waals surface area (Å²) in [4.78, 5) is 53.9. The van der Waals surface area contributed by atoms with Crippen LogP contribution in [0.4, 0.5) is 0 Å². The van der Waals surface area contributed by atoms with E-state index in [1.54, 1.807) is 41.0 Å². The van der Waals surface area contributed by atoms with Crippen molar-refractivity contribution in [1.82, 2.24) is 14.7 Å². The third-order valence-electron chi connectivity index (χ3n) is 5.89. The average Bonchev–Trinajstić information content (AvgIpc) is 2.93. The van der Waals surface area contributed by atoms with Gasteiger partial charge in [0.05, 0.1) is 23.3 Å². The molecule has 8 heteroatoms. The maximum atomic E-state index is 12.9. The van der Waals surface area contributed by atoms with Crippen LogP contribution >= 0.6 is 0 Å². The summed E-state index contributed by atoms with van der Waals surface area (Å²) >= 11 is 0. The molecule has 0 N–H and O–H groups in total. The minimum Gasteiger partial charge on any atom is -0.371 e. The standard InChI is InChI=1S/C20H23N3O5/c1-14(24)21-8-6-20(7-9-21)13-22(10-11-28-20)17(25)12-23-18(26)15-4-2-3-5-16(15)19(23)27/h2-5H,6-13H2,1H3. The SMILES string of the molecule is CC(=O)N1CCC2(CC1)CN(C(=O)CN1C(=O)c3ccccc3C1=O)CCO2. The number of rotatable bonds is 2.